The van der Waals surface area contributed by atoms with Gasteiger partial charge in [-0.15, -0.1) is 0 Å². The van der Waals surface area contributed by atoms with Crippen LogP contribution in [0.25, 0.3) is 0 Å². The Hall–Kier alpha value is -2.66. The van der Waals surface area contributed by atoms with E-state index in [0.717, 1.165) is 5.56 Å². The molecule has 1 aliphatic rings. The van der Waals surface area contributed by atoms with Crippen molar-refractivity contribution in [2.75, 3.05) is 20.3 Å². The van der Waals surface area contributed by atoms with Crippen LogP contribution in [0, 0.1) is 5.92 Å². The van der Waals surface area contributed by atoms with E-state index in [9.17, 15) is 13.2 Å². The zero-order valence-corrected chi connectivity index (χ0v) is 17.1. The molecule has 2 N–H and O–H groups in total. The summed E-state index contributed by atoms with van der Waals surface area (Å²) in [5.41, 5.74) is 0.845. The molecule has 2 aromatic carbocycles. The lowest BCUT2D eigenvalue weighted by atomic mass is 10.0. The van der Waals surface area contributed by atoms with Crippen LogP contribution in [-0.4, -0.2) is 55.5 Å². The summed E-state index contributed by atoms with van der Waals surface area (Å²) in [6, 6.07) is 13.3. The highest BCUT2D eigenvalue weighted by Crippen LogP contribution is 2.30. The largest absolute Gasteiger partial charge is 0.496 e. The molecule has 1 aliphatic heterocycles. The maximum atomic E-state index is 13.1. The van der Waals surface area contributed by atoms with E-state index >= 15 is 0 Å². The van der Waals surface area contributed by atoms with Crippen LogP contribution in [0.2, 0.25) is 0 Å². The monoisotopic (exact) mass is 437 g/mol. The first kappa shape index (κ1) is 22.0. The number of amides is 1. The molecule has 2 atom stereocenters. The highest BCUT2D eigenvalue weighted by atomic mass is 32.2. The third-order valence-corrected chi connectivity index (χ3v) is 7.24. The molecule has 2 aromatic rings. The van der Waals surface area contributed by atoms with Gasteiger partial charge in [0, 0.05) is 12.2 Å². The van der Waals surface area contributed by atoms with Gasteiger partial charge < -0.3 is 14.2 Å². The van der Waals surface area contributed by atoms with Crippen LogP contribution < -0.4 is 9.47 Å². The van der Waals surface area contributed by atoms with E-state index in [1.807, 2.05) is 24.3 Å². The Labute approximate surface area is 174 Å². The molecule has 162 valence electrons. The lowest BCUT2D eigenvalue weighted by molar-refractivity contribution is -0.289. The number of rotatable bonds is 7. The number of hydrogen-bond donors (Lipinski definition) is 2. The van der Waals surface area contributed by atoms with Crippen LogP contribution in [0.1, 0.15) is 12.0 Å². The molecular weight excluding hydrogens is 414 g/mol. The number of hydrogen-bond acceptors (Lipinski definition) is 8. The lowest BCUT2D eigenvalue weighted by Crippen LogP contribution is -2.46. The molecule has 0 radical (unpaired) electrons. The second-order valence-corrected chi connectivity index (χ2v) is 8.92. The number of carbonyl (C=O) groups is 1. The summed E-state index contributed by atoms with van der Waals surface area (Å²) in [6.07, 6.45) is 0.0681. The van der Waals surface area contributed by atoms with Gasteiger partial charge in [-0.25, -0.2) is 8.42 Å². The van der Waals surface area contributed by atoms with E-state index < -0.39 is 32.1 Å². The van der Waals surface area contributed by atoms with E-state index in [-0.39, 0.29) is 31.1 Å². The Morgan fingerprint density at radius 1 is 1.17 bits per heavy atom. The van der Waals surface area contributed by atoms with Crippen molar-refractivity contribution < 1.29 is 37.8 Å². The fraction of sp³-hybridized carbons (Fsp3) is 0.350. The summed E-state index contributed by atoms with van der Waals surface area (Å²) < 4.78 is 42.3. The summed E-state index contributed by atoms with van der Waals surface area (Å²) in [6.45, 7) is 0.195. The summed E-state index contributed by atoms with van der Waals surface area (Å²) in [7, 11) is -2.34. The molecule has 0 spiro atoms. The number of benzene rings is 2. The fourth-order valence-electron chi connectivity index (χ4n) is 3.35. The minimum Gasteiger partial charge on any atom is -0.496 e. The number of nitrogens with zero attached hydrogens (tertiary/aromatic N) is 1. The molecule has 1 saturated heterocycles. The van der Waals surface area contributed by atoms with E-state index in [4.69, 9.17) is 24.6 Å². The third-order valence-electron chi connectivity index (χ3n) is 4.94. The predicted octanol–water partition coefficient (Wildman–Crippen LogP) is 2.06. The first-order valence-electron chi connectivity index (χ1n) is 9.22. The first-order valence-corrected chi connectivity index (χ1v) is 10.8. The van der Waals surface area contributed by atoms with Gasteiger partial charge in [-0.3, -0.25) is 15.2 Å². The van der Waals surface area contributed by atoms with Gasteiger partial charge in [0.1, 0.15) is 18.1 Å². The number of para-hydroxylation sites is 1. The normalized spacial score (nSPS) is 19.2. The Balaban J connectivity index is 1.74. The molecule has 0 aliphatic carbocycles. The highest BCUT2D eigenvalue weighted by molar-refractivity contribution is 7.92. The van der Waals surface area contributed by atoms with Gasteiger partial charge in [0.2, 0.25) is 0 Å². The second kappa shape index (κ2) is 9.43. The van der Waals surface area contributed by atoms with Gasteiger partial charge in [0.05, 0.1) is 29.8 Å². The SMILES string of the molecule is COc1ccccc1COc1ccc(S(=O)(=O)C2CCOCC2C(=O)N(O)O)cc1. The molecule has 1 fully saturated rings. The molecule has 2 unspecified atom stereocenters. The van der Waals surface area contributed by atoms with Crippen molar-refractivity contribution in [2.45, 2.75) is 23.2 Å². The highest BCUT2D eigenvalue weighted by Gasteiger charge is 2.42. The standard InChI is InChI=1S/C20H23NO8S/c1-27-18-5-3-2-4-14(18)12-29-15-6-8-16(9-7-15)30(25,26)19-10-11-28-13-17(19)20(22)21(23)24/h2-9,17,19,23-24H,10-13H2,1H3. The molecule has 3 rings (SSSR count). The van der Waals surface area contributed by atoms with Crippen LogP contribution in [-0.2, 0) is 26.0 Å². The van der Waals surface area contributed by atoms with Crippen molar-refractivity contribution >= 4 is 15.7 Å². The molecule has 1 heterocycles. The molecule has 30 heavy (non-hydrogen) atoms. The molecule has 0 saturated carbocycles. The average molecular weight is 437 g/mol. The van der Waals surface area contributed by atoms with Gasteiger partial charge >= 0.3 is 0 Å². The minimum atomic E-state index is -3.91. The Morgan fingerprint density at radius 2 is 1.87 bits per heavy atom. The van der Waals surface area contributed by atoms with Gasteiger partial charge in [-0.05, 0) is 36.8 Å². The minimum absolute atomic E-state index is 0.0132. The second-order valence-electron chi connectivity index (χ2n) is 6.75. The van der Waals surface area contributed by atoms with Crippen LogP contribution >= 0.6 is 0 Å². The Bertz CT molecular complexity index is 975. The van der Waals surface area contributed by atoms with Crippen LogP contribution in [0.4, 0.5) is 0 Å². The molecule has 10 heteroatoms. The van der Waals surface area contributed by atoms with Gasteiger partial charge in [0.15, 0.2) is 9.84 Å². The Morgan fingerprint density at radius 3 is 2.53 bits per heavy atom. The Kier molecular flexibility index (Phi) is 6.93. The van der Waals surface area contributed by atoms with Crippen molar-refractivity contribution in [1.82, 2.24) is 5.23 Å². The van der Waals surface area contributed by atoms with Gasteiger partial charge in [0.25, 0.3) is 5.91 Å². The smallest absolute Gasteiger partial charge is 0.279 e. The van der Waals surface area contributed by atoms with Crippen molar-refractivity contribution in [2.24, 2.45) is 5.92 Å². The van der Waals surface area contributed by atoms with E-state index in [2.05, 4.69) is 0 Å². The van der Waals surface area contributed by atoms with Crippen molar-refractivity contribution in [3.8, 4) is 11.5 Å². The third kappa shape index (κ3) is 4.73. The van der Waals surface area contributed by atoms with Crippen molar-refractivity contribution in [3.05, 3.63) is 54.1 Å². The molecule has 9 nitrogen and oxygen atoms in total. The average Bonchev–Trinajstić information content (AvgIpc) is 2.77. The molecule has 1 amide bonds. The number of hydroxylamine groups is 2. The first-order chi connectivity index (χ1) is 14.3. The predicted molar refractivity (Wildman–Crippen MR) is 104 cm³/mol. The number of carbonyl (C=O) groups excluding carboxylic acids is 1. The molecular formula is C20H23NO8S. The van der Waals surface area contributed by atoms with Crippen molar-refractivity contribution in [1.29, 1.82) is 0 Å². The maximum absolute atomic E-state index is 13.1. The van der Waals surface area contributed by atoms with Crippen LogP contribution in [0.3, 0.4) is 0 Å². The number of methoxy groups -OCH3 is 1. The number of sulfone groups is 1. The van der Waals surface area contributed by atoms with E-state index in [1.165, 1.54) is 24.3 Å². The van der Waals surface area contributed by atoms with Crippen LogP contribution in [0.15, 0.2) is 53.4 Å². The molecule has 0 bridgehead atoms. The quantitative estimate of drug-likeness (QED) is 0.499. The zero-order valence-electron chi connectivity index (χ0n) is 16.3. The topological polar surface area (TPSA) is 123 Å². The van der Waals surface area contributed by atoms with Gasteiger partial charge in [-0.1, -0.05) is 23.4 Å². The van der Waals surface area contributed by atoms with Crippen molar-refractivity contribution in [3.63, 3.8) is 0 Å². The van der Waals surface area contributed by atoms with Crippen LogP contribution in [0.5, 0.6) is 11.5 Å². The summed E-state index contributed by atoms with van der Waals surface area (Å²) in [4.78, 5) is 12.0. The zero-order chi connectivity index (χ0) is 21.7. The summed E-state index contributed by atoms with van der Waals surface area (Å²) in [5.74, 6) is -1.18. The molecule has 0 aromatic heterocycles. The van der Waals surface area contributed by atoms with E-state index in [0.29, 0.717) is 11.5 Å². The fourth-order valence-corrected chi connectivity index (χ4v) is 5.25. The maximum Gasteiger partial charge on any atom is 0.279 e. The lowest BCUT2D eigenvalue weighted by Gasteiger charge is -2.30. The summed E-state index contributed by atoms with van der Waals surface area (Å²) in [5, 5.41) is 16.3. The summed E-state index contributed by atoms with van der Waals surface area (Å²) >= 11 is 0. The van der Waals surface area contributed by atoms with E-state index in [1.54, 1.807) is 7.11 Å². The number of ether oxygens (including phenoxy) is 3. The van der Waals surface area contributed by atoms with Gasteiger partial charge in [-0.2, -0.15) is 0 Å².